The third-order valence-electron chi connectivity index (χ3n) is 3.15. The number of rotatable bonds is 3. The monoisotopic (exact) mass is 308 g/mol. The Morgan fingerprint density at radius 3 is 2.83 bits per heavy atom. The Hall–Kier alpha value is -0.290. The minimum Gasteiger partial charge on any atom is -0.381 e. The molecule has 1 aromatic rings. The molecule has 1 aliphatic rings. The molecule has 1 aromatic carbocycles. The van der Waals surface area contributed by atoms with E-state index in [1.54, 1.807) is 6.07 Å². The minimum atomic E-state index is -3.55. The third-order valence-corrected chi connectivity index (χ3v) is 5.42. The van der Waals surface area contributed by atoms with Gasteiger partial charge in [0.2, 0.25) is 9.05 Å². The fourth-order valence-electron chi connectivity index (χ4n) is 2.30. The maximum Gasteiger partial charge on any atom is 0.235 e. The molecular weight excluding hydrogens is 295 g/mol. The molecule has 100 valence electrons. The summed E-state index contributed by atoms with van der Waals surface area (Å²) in [5, 5.41) is 0.112. The van der Waals surface area contributed by atoms with E-state index in [0.29, 0.717) is 31.1 Å². The fourth-order valence-corrected chi connectivity index (χ4v) is 4.23. The van der Waals surface area contributed by atoms with Crippen LogP contribution in [0, 0.1) is 5.92 Å². The van der Waals surface area contributed by atoms with E-state index < -0.39 is 14.3 Å². The van der Waals surface area contributed by atoms with Crippen molar-refractivity contribution in [2.24, 2.45) is 5.92 Å². The summed E-state index contributed by atoms with van der Waals surface area (Å²) in [5.41, 5.74) is 1.00. The summed E-state index contributed by atoms with van der Waals surface area (Å²) in [6, 6.07) is 7.41. The summed E-state index contributed by atoms with van der Waals surface area (Å²) in [6.45, 7) is 0.867. The van der Waals surface area contributed by atoms with Gasteiger partial charge in [0, 0.05) is 28.2 Å². The van der Waals surface area contributed by atoms with Crippen LogP contribution < -0.4 is 0 Å². The molecule has 0 aliphatic carbocycles. The largest absolute Gasteiger partial charge is 0.381 e. The Balaban J connectivity index is 2.15. The highest BCUT2D eigenvalue weighted by atomic mass is 35.7. The first-order chi connectivity index (χ1) is 8.47. The van der Waals surface area contributed by atoms with Crippen molar-refractivity contribution in [1.82, 2.24) is 0 Å². The number of hydrogen-bond donors (Lipinski definition) is 0. The summed E-state index contributed by atoms with van der Waals surface area (Å²) in [4.78, 5) is 0. The number of ether oxygens (including phenoxy) is 1. The average molecular weight is 309 g/mol. The molecule has 18 heavy (non-hydrogen) atoms. The van der Waals surface area contributed by atoms with Crippen LogP contribution in [0.4, 0.5) is 0 Å². The highest BCUT2D eigenvalue weighted by Gasteiger charge is 2.34. The Kier molecular flexibility index (Phi) is 4.54. The predicted octanol–water partition coefficient (Wildman–Crippen LogP) is 2.86. The van der Waals surface area contributed by atoms with E-state index >= 15 is 0 Å². The molecule has 0 N–H and O–H groups in total. The van der Waals surface area contributed by atoms with Crippen molar-refractivity contribution >= 4 is 31.3 Å². The van der Waals surface area contributed by atoms with Crippen molar-refractivity contribution in [3.63, 3.8) is 0 Å². The van der Waals surface area contributed by atoms with Gasteiger partial charge in [-0.2, -0.15) is 0 Å². The van der Waals surface area contributed by atoms with Crippen molar-refractivity contribution in [2.75, 3.05) is 13.2 Å². The summed E-state index contributed by atoms with van der Waals surface area (Å²) in [5.74, 6) is -0.111. The lowest BCUT2D eigenvalue weighted by Gasteiger charge is -2.29. The molecule has 0 aromatic heterocycles. The molecular formula is C12H14Cl2O3S. The molecule has 2 rings (SSSR count). The standard InChI is InChI=1S/C12H14Cl2O3S/c13-11-3-1-2-9(7-11)6-10-8-17-5-4-12(10)18(14,15)16/h1-3,7,10,12H,4-6,8H2/t10-,12-/m0/s1. The Morgan fingerprint density at radius 1 is 1.39 bits per heavy atom. The van der Waals surface area contributed by atoms with E-state index in [9.17, 15) is 8.42 Å². The molecule has 0 saturated carbocycles. The molecule has 0 bridgehead atoms. The molecule has 0 spiro atoms. The Labute approximate surface area is 116 Å². The van der Waals surface area contributed by atoms with Gasteiger partial charge >= 0.3 is 0 Å². The quantitative estimate of drug-likeness (QED) is 0.806. The molecule has 0 radical (unpaired) electrons. The van der Waals surface area contributed by atoms with Crippen molar-refractivity contribution in [1.29, 1.82) is 0 Å². The van der Waals surface area contributed by atoms with Crippen LogP contribution in [0.3, 0.4) is 0 Å². The molecule has 3 nitrogen and oxygen atoms in total. The topological polar surface area (TPSA) is 43.4 Å². The van der Waals surface area contributed by atoms with Crippen molar-refractivity contribution in [3.8, 4) is 0 Å². The fraction of sp³-hybridized carbons (Fsp3) is 0.500. The van der Waals surface area contributed by atoms with E-state index in [2.05, 4.69) is 0 Å². The zero-order chi connectivity index (χ0) is 13.2. The summed E-state index contributed by atoms with van der Waals surface area (Å²) < 4.78 is 28.4. The van der Waals surface area contributed by atoms with Crippen molar-refractivity contribution in [3.05, 3.63) is 34.9 Å². The first-order valence-corrected chi connectivity index (χ1v) is 8.47. The van der Waals surface area contributed by atoms with Crippen molar-refractivity contribution < 1.29 is 13.2 Å². The number of halogens is 2. The first-order valence-electron chi connectivity index (χ1n) is 5.72. The van der Waals surface area contributed by atoms with Crippen LogP contribution in [0.25, 0.3) is 0 Å². The first kappa shape index (κ1) is 14.1. The molecule has 6 heteroatoms. The lowest BCUT2D eigenvalue weighted by Crippen LogP contribution is -2.37. The third kappa shape index (κ3) is 3.60. The van der Waals surface area contributed by atoms with Gasteiger partial charge in [-0.3, -0.25) is 0 Å². The van der Waals surface area contributed by atoms with Gasteiger partial charge in [0.25, 0.3) is 0 Å². The van der Waals surface area contributed by atoms with Crippen molar-refractivity contribution in [2.45, 2.75) is 18.1 Å². The van der Waals surface area contributed by atoms with Gasteiger partial charge in [-0.15, -0.1) is 0 Å². The van der Waals surface area contributed by atoms with Gasteiger partial charge in [0.1, 0.15) is 0 Å². The maximum atomic E-state index is 11.5. The van der Waals surface area contributed by atoms with Crippen LogP contribution in [0.15, 0.2) is 24.3 Å². The van der Waals surface area contributed by atoms with Gasteiger partial charge in [0.15, 0.2) is 0 Å². The minimum absolute atomic E-state index is 0.111. The molecule has 1 fully saturated rings. The van der Waals surface area contributed by atoms with Gasteiger partial charge < -0.3 is 4.74 Å². The van der Waals surface area contributed by atoms with Crippen LogP contribution >= 0.6 is 22.3 Å². The van der Waals surface area contributed by atoms with Crippen LogP contribution in [-0.2, 0) is 20.2 Å². The highest BCUT2D eigenvalue weighted by Crippen LogP contribution is 2.28. The molecule has 0 unspecified atom stereocenters. The number of benzene rings is 1. The molecule has 0 amide bonds. The van der Waals surface area contributed by atoms with Crippen LogP contribution in [-0.4, -0.2) is 26.9 Å². The van der Waals surface area contributed by atoms with Gasteiger partial charge in [0.05, 0.1) is 11.9 Å². The molecule has 1 saturated heterocycles. The summed E-state index contributed by atoms with van der Waals surface area (Å²) in [7, 11) is 1.95. The van der Waals surface area contributed by atoms with E-state index in [1.165, 1.54) is 0 Å². The molecule has 1 heterocycles. The lowest BCUT2D eigenvalue weighted by molar-refractivity contribution is 0.0577. The summed E-state index contributed by atoms with van der Waals surface area (Å²) in [6.07, 6.45) is 1.06. The normalized spacial score (nSPS) is 25.0. The SMILES string of the molecule is O=S(=O)(Cl)[C@H]1CCOC[C@@H]1Cc1cccc(Cl)c1. The Morgan fingerprint density at radius 2 is 2.17 bits per heavy atom. The highest BCUT2D eigenvalue weighted by molar-refractivity contribution is 8.14. The van der Waals surface area contributed by atoms with Crippen LogP contribution in [0.1, 0.15) is 12.0 Å². The lowest BCUT2D eigenvalue weighted by atomic mass is 9.94. The van der Waals surface area contributed by atoms with E-state index in [1.807, 2.05) is 18.2 Å². The van der Waals surface area contributed by atoms with Gasteiger partial charge in [-0.05, 0) is 30.5 Å². The van der Waals surface area contributed by atoms with E-state index in [0.717, 1.165) is 5.56 Å². The second-order valence-corrected chi connectivity index (χ2v) is 7.76. The second-order valence-electron chi connectivity index (χ2n) is 4.47. The van der Waals surface area contributed by atoms with E-state index in [4.69, 9.17) is 27.0 Å². The Bertz CT molecular complexity index is 516. The average Bonchev–Trinajstić information content (AvgIpc) is 2.28. The maximum absolute atomic E-state index is 11.5. The van der Waals surface area contributed by atoms with Crippen LogP contribution in [0.5, 0.6) is 0 Å². The smallest absolute Gasteiger partial charge is 0.235 e. The second kappa shape index (κ2) is 5.78. The zero-order valence-electron chi connectivity index (χ0n) is 9.68. The summed E-state index contributed by atoms with van der Waals surface area (Å²) >= 11 is 5.91. The van der Waals surface area contributed by atoms with E-state index in [-0.39, 0.29) is 5.92 Å². The zero-order valence-corrected chi connectivity index (χ0v) is 12.0. The van der Waals surface area contributed by atoms with Crippen LogP contribution in [0.2, 0.25) is 5.02 Å². The van der Waals surface area contributed by atoms with Gasteiger partial charge in [-0.25, -0.2) is 8.42 Å². The predicted molar refractivity (Wildman–Crippen MR) is 72.6 cm³/mol. The molecule has 2 atom stereocenters. The molecule has 1 aliphatic heterocycles. The van der Waals surface area contributed by atoms with Gasteiger partial charge in [-0.1, -0.05) is 23.7 Å². The number of hydrogen-bond acceptors (Lipinski definition) is 3.